The number of alkyl halides is 1. The lowest BCUT2D eigenvalue weighted by molar-refractivity contribution is -0.142. The molecule has 0 bridgehead atoms. The highest BCUT2D eigenvalue weighted by atomic mass is 35.5. The molecule has 0 saturated carbocycles. The summed E-state index contributed by atoms with van der Waals surface area (Å²) in [6.07, 6.45) is 0.148. The average molecular weight is 453 g/mol. The van der Waals surface area contributed by atoms with E-state index in [0.717, 1.165) is 10.6 Å². The molecule has 170 valence electrons. The van der Waals surface area contributed by atoms with Crippen molar-refractivity contribution in [2.45, 2.75) is 39.3 Å². The van der Waals surface area contributed by atoms with Crippen molar-refractivity contribution in [1.82, 2.24) is 21.1 Å². The molecule has 1 aromatic rings. The van der Waals surface area contributed by atoms with E-state index in [-0.39, 0.29) is 30.9 Å². The maximum atomic E-state index is 12.9. The molecule has 2 unspecified atom stereocenters. The molecule has 31 heavy (non-hydrogen) atoms. The monoisotopic (exact) mass is 452 g/mol. The zero-order valence-corrected chi connectivity index (χ0v) is 18.5. The Balaban J connectivity index is 1.99. The number of carbonyl (C=O) groups excluding carboxylic acids is 4. The van der Waals surface area contributed by atoms with Crippen molar-refractivity contribution in [1.29, 1.82) is 0 Å². The number of rotatable bonds is 9. The molecule has 4 amide bonds. The van der Waals surface area contributed by atoms with Crippen molar-refractivity contribution in [3.63, 3.8) is 0 Å². The van der Waals surface area contributed by atoms with E-state index in [4.69, 9.17) is 16.3 Å². The fourth-order valence-corrected chi connectivity index (χ4v) is 3.29. The summed E-state index contributed by atoms with van der Waals surface area (Å²) in [5.41, 5.74) is 3.33. The number of halogens is 1. The summed E-state index contributed by atoms with van der Waals surface area (Å²) in [4.78, 5) is 49.2. The third-order valence-electron chi connectivity index (χ3n) is 4.75. The second-order valence-electron chi connectivity index (χ2n) is 7.78. The Kier molecular flexibility index (Phi) is 9.58. The number of hydrogen-bond acceptors (Lipinski definition) is 5. The fraction of sp³-hybridized carbons (Fsp3) is 0.524. The zero-order valence-electron chi connectivity index (χ0n) is 17.7. The predicted octanol–water partition coefficient (Wildman–Crippen LogP) is 1.56. The summed E-state index contributed by atoms with van der Waals surface area (Å²) in [6, 6.07) is 8.24. The maximum absolute atomic E-state index is 12.9. The molecule has 1 aliphatic rings. The Bertz CT molecular complexity index is 774. The summed E-state index contributed by atoms with van der Waals surface area (Å²) < 4.78 is 5.20. The SMILES string of the molecule is CC(C)CC(NC(=O)OCc1ccccc1)C(=O)NN(CC1CCNC1=O)C(=O)CCl. The van der Waals surface area contributed by atoms with E-state index in [1.807, 2.05) is 44.2 Å². The van der Waals surface area contributed by atoms with Crippen LogP contribution in [-0.2, 0) is 25.7 Å². The lowest BCUT2D eigenvalue weighted by Gasteiger charge is -2.27. The third kappa shape index (κ3) is 8.09. The quantitative estimate of drug-likeness (QED) is 0.388. The number of nitrogens with one attached hydrogen (secondary N) is 3. The van der Waals surface area contributed by atoms with Gasteiger partial charge in [0.1, 0.15) is 18.5 Å². The van der Waals surface area contributed by atoms with Gasteiger partial charge in [0.25, 0.3) is 11.8 Å². The van der Waals surface area contributed by atoms with Gasteiger partial charge in [0.2, 0.25) is 5.91 Å². The van der Waals surface area contributed by atoms with Gasteiger partial charge in [-0.3, -0.25) is 24.8 Å². The summed E-state index contributed by atoms with van der Waals surface area (Å²) in [5, 5.41) is 6.30. The van der Waals surface area contributed by atoms with Crippen LogP contribution in [0.2, 0.25) is 0 Å². The van der Waals surface area contributed by atoms with E-state index in [9.17, 15) is 19.2 Å². The minimum absolute atomic E-state index is 0.00990. The predicted molar refractivity (Wildman–Crippen MR) is 115 cm³/mol. The van der Waals surface area contributed by atoms with Gasteiger partial charge in [0.15, 0.2) is 0 Å². The molecule has 2 atom stereocenters. The van der Waals surface area contributed by atoms with Crippen molar-refractivity contribution in [2.24, 2.45) is 11.8 Å². The van der Waals surface area contributed by atoms with Crippen molar-refractivity contribution < 1.29 is 23.9 Å². The van der Waals surface area contributed by atoms with Crippen molar-refractivity contribution in [3.8, 4) is 0 Å². The maximum Gasteiger partial charge on any atom is 0.408 e. The molecule has 0 radical (unpaired) electrons. The first-order chi connectivity index (χ1) is 14.8. The summed E-state index contributed by atoms with van der Waals surface area (Å²) in [6.45, 7) is 4.40. The van der Waals surface area contributed by atoms with E-state index < -0.39 is 29.9 Å². The average Bonchev–Trinajstić information content (AvgIpc) is 3.15. The largest absolute Gasteiger partial charge is 0.445 e. The minimum Gasteiger partial charge on any atom is -0.445 e. The van der Waals surface area contributed by atoms with E-state index in [2.05, 4.69) is 16.1 Å². The second-order valence-corrected chi connectivity index (χ2v) is 8.05. The van der Waals surface area contributed by atoms with Crippen molar-refractivity contribution in [3.05, 3.63) is 35.9 Å². The molecule has 1 aliphatic heterocycles. The molecular weight excluding hydrogens is 424 g/mol. The van der Waals surface area contributed by atoms with Crippen LogP contribution in [0.4, 0.5) is 4.79 Å². The zero-order chi connectivity index (χ0) is 22.8. The van der Waals surface area contributed by atoms with Crippen LogP contribution < -0.4 is 16.1 Å². The number of amides is 4. The second kappa shape index (κ2) is 12.1. The van der Waals surface area contributed by atoms with Crippen molar-refractivity contribution >= 4 is 35.4 Å². The Morgan fingerprint density at radius 2 is 1.97 bits per heavy atom. The van der Waals surface area contributed by atoms with Gasteiger partial charge in [-0.25, -0.2) is 4.79 Å². The van der Waals surface area contributed by atoms with E-state index in [1.54, 1.807) is 0 Å². The van der Waals surface area contributed by atoms with Gasteiger partial charge in [-0.2, -0.15) is 0 Å². The van der Waals surface area contributed by atoms with Crippen LogP contribution in [0.15, 0.2) is 30.3 Å². The Hall–Kier alpha value is -2.81. The van der Waals surface area contributed by atoms with Crippen LogP contribution in [0.25, 0.3) is 0 Å². The minimum atomic E-state index is -0.925. The summed E-state index contributed by atoms with van der Waals surface area (Å²) >= 11 is 5.67. The Morgan fingerprint density at radius 3 is 2.55 bits per heavy atom. The number of carbonyl (C=O) groups is 4. The lowest BCUT2D eigenvalue weighted by atomic mass is 10.0. The molecule has 0 aliphatic carbocycles. The highest BCUT2D eigenvalue weighted by Gasteiger charge is 2.31. The fourth-order valence-electron chi connectivity index (χ4n) is 3.14. The highest BCUT2D eigenvalue weighted by Crippen LogP contribution is 2.12. The van der Waals surface area contributed by atoms with Crippen molar-refractivity contribution in [2.75, 3.05) is 19.0 Å². The molecule has 2 rings (SSSR count). The first kappa shape index (κ1) is 24.5. The van der Waals surface area contributed by atoms with Gasteiger partial charge in [0.05, 0.1) is 12.5 Å². The third-order valence-corrected chi connectivity index (χ3v) is 4.98. The molecule has 10 heteroatoms. The molecular formula is C21H29ClN4O5. The van der Waals surface area contributed by atoms with Crippen LogP contribution in [0.3, 0.4) is 0 Å². The highest BCUT2D eigenvalue weighted by molar-refractivity contribution is 6.27. The van der Waals surface area contributed by atoms with Gasteiger partial charge in [-0.1, -0.05) is 44.2 Å². The first-order valence-corrected chi connectivity index (χ1v) is 10.7. The van der Waals surface area contributed by atoms with E-state index >= 15 is 0 Å². The first-order valence-electron chi connectivity index (χ1n) is 10.2. The molecule has 9 nitrogen and oxygen atoms in total. The lowest BCUT2D eigenvalue weighted by Crippen LogP contribution is -2.56. The summed E-state index contributed by atoms with van der Waals surface area (Å²) in [7, 11) is 0. The van der Waals surface area contributed by atoms with Crippen LogP contribution in [0.5, 0.6) is 0 Å². The van der Waals surface area contributed by atoms with Gasteiger partial charge >= 0.3 is 6.09 Å². The van der Waals surface area contributed by atoms with Gasteiger partial charge in [0, 0.05) is 6.54 Å². The molecule has 1 heterocycles. The molecule has 0 aromatic heterocycles. The van der Waals surface area contributed by atoms with Crippen LogP contribution in [0.1, 0.15) is 32.3 Å². The molecule has 0 spiro atoms. The molecule has 1 fully saturated rings. The number of hydrazine groups is 1. The van der Waals surface area contributed by atoms with Crippen LogP contribution >= 0.6 is 11.6 Å². The number of alkyl carbamates (subject to hydrolysis) is 1. The smallest absolute Gasteiger partial charge is 0.408 e. The summed E-state index contributed by atoms with van der Waals surface area (Å²) in [5.74, 6) is -1.99. The van der Waals surface area contributed by atoms with E-state index in [0.29, 0.717) is 19.4 Å². The number of nitrogens with zero attached hydrogens (tertiary/aromatic N) is 1. The topological polar surface area (TPSA) is 117 Å². The Morgan fingerprint density at radius 1 is 1.26 bits per heavy atom. The number of ether oxygens (including phenoxy) is 1. The van der Waals surface area contributed by atoms with Crippen LogP contribution in [0, 0.1) is 11.8 Å². The van der Waals surface area contributed by atoms with Crippen LogP contribution in [-0.4, -0.2) is 53.8 Å². The normalized spacial score (nSPS) is 16.4. The molecule has 3 N–H and O–H groups in total. The Labute approximate surface area is 186 Å². The standard InChI is InChI=1S/C21H29ClN4O5/c1-14(2)10-17(24-21(30)31-13-15-6-4-3-5-7-15)20(29)25-26(18(27)11-22)12-16-8-9-23-19(16)28/h3-7,14,16-17H,8-13H2,1-2H3,(H,23,28)(H,24,30)(H,25,29). The van der Waals surface area contributed by atoms with E-state index in [1.165, 1.54) is 0 Å². The van der Waals surface area contributed by atoms with Gasteiger partial charge in [-0.05, 0) is 24.3 Å². The van der Waals surface area contributed by atoms with Gasteiger partial charge in [-0.15, -0.1) is 11.6 Å². The number of benzene rings is 1. The number of hydrogen-bond donors (Lipinski definition) is 3. The van der Waals surface area contributed by atoms with Gasteiger partial charge < -0.3 is 15.4 Å². The molecule has 1 saturated heterocycles. The molecule has 1 aromatic carbocycles.